The lowest BCUT2D eigenvalue weighted by molar-refractivity contribution is -0.138. The third-order valence-electron chi connectivity index (χ3n) is 5.47. The summed E-state index contributed by atoms with van der Waals surface area (Å²) in [6, 6.07) is 3.57. The van der Waals surface area contributed by atoms with Crippen molar-refractivity contribution in [3.8, 4) is 0 Å². The van der Waals surface area contributed by atoms with Crippen LogP contribution in [0.25, 0.3) is 0 Å². The van der Waals surface area contributed by atoms with Gasteiger partial charge in [0.25, 0.3) is 0 Å². The minimum absolute atomic E-state index is 0.0319. The molecule has 2 amide bonds. The summed E-state index contributed by atoms with van der Waals surface area (Å²) in [4.78, 5) is 56.8. The number of nitrogens with zero attached hydrogens (tertiary/aromatic N) is 2. The van der Waals surface area contributed by atoms with Gasteiger partial charge in [-0.2, -0.15) is 0 Å². The number of carbonyl (C=O) groups excluding carboxylic acids is 3. The third kappa shape index (κ3) is 10.9. The fourth-order valence-electron chi connectivity index (χ4n) is 3.61. The van der Waals surface area contributed by atoms with Gasteiger partial charge in [0.15, 0.2) is 0 Å². The van der Waals surface area contributed by atoms with Crippen LogP contribution >= 0.6 is 11.6 Å². The number of aliphatic imine (C=N–C) groups is 2. The first-order valence-electron chi connectivity index (χ1n) is 12.1. The molecule has 1 aliphatic rings. The van der Waals surface area contributed by atoms with E-state index in [1.165, 1.54) is 25.1 Å². The number of carboxylic acid groups (broad SMARTS) is 1. The molecule has 2 atom stereocenters. The highest BCUT2D eigenvalue weighted by atomic mass is 35.5. The minimum atomic E-state index is -1.26. The number of hydrogen-bond donors (Lipinski definition) is 5. The molecule has 1 heterocycles. The fraction of sp³-hybridized carbons (Fsp3) is 0.462. The number of hydrogen-bond acceptors (Lipinski definition) is 8. The average molecular weight is 566 g/mol. The summed E-state index contributed by atoms with van der Waals surface area (Å²) in [5.74, 6) is -2.66. The normalized spacial score (nSPS) is 17.0. The molecular formula is C26H33ClFN5O6. The molecule has 0 radical (unpaired) electrons. The Labute approximate surface area is 230 Å². The van der Waals surface area contributed by atoms with Gasteiger partial charge >= 0.3 is 5.97 Å². The zero-order valence-corrected chi connectivity index (χ0v) is 22.9. The Hall–Kier alpha value is -3.64. The second-order valence-corrected chi connectivity index (χ2v) is 10.1. The molecule has 0 saturated heterocycles. The van der Waals surface area contributed by atoms with E-state index in [0.29, 0.717) is 16.8 Å². The van der Waals surface area contributed by atoms with Crippen molar-refractivity contribution >= 4 is 46.8 Å². The molecule has 13 heteroatoms. The highest BCUT2D eigenvalue weighted by Crippen LogP contribution is 2.28. The molecule has 2 unspecified atom stereocenters. The predicted molar refractivity (Wildman–Crippen MR) is 145 cm³/mol. The highest BCUT2D eigenvalue weighted by molar-refractivity contribution is 6.30. The second-order valence-electron chi connectivity index (χ2n) is 9.68. The van der Waals surface area contributed by atoms with Gasteiger partial charge in [-0.1, -0.05) is 17.7 Å². The number of aliphatic hydroxyl groups is 1. The number of aliphatic carboxylic acids is 1. The van der Waals surface area contributed by atoms with Crippen molar-refractivity contribution in [3.05, 3.63) is 46.0 Å². The van der Waals surface area contributed by atoms with Gasteiger partial charge in [0.1, 0.15) is 12.0 Å². The molecule has 212 valence electrons. The first-order chi connectivity index (χ1) is 18.1. The van der Waals surface area contributed by atoms with Crippen LogP contribution < -0.4 is 16.0 Å². The van der Waals surface area contributed by atoms with Gasteiger partial charge in [0.2, 0.25) is 17.8 Å². The fourth-order valence-corrected chi connectivity index (χ4v) is 3.86. The summed E-state index contributed by atoms with van der Waals surface area (Å²) in [7, 11) is 0. The smallest absolute Gasteiger partial charge is 0.305 e. The van der Waals surface area contributed by atoms with Crippen molar-refractivity contribution in [1.29, 1.82) is 0 Å². The van der Waals surface area contributed by atoms with Gasteiger partial charge in [-0.25, -0.2) is 14.4 Å². The lowest BCUT2D eigenvalue weighted by Gasteiger charge is -2.23. The average Bonchev–Trinajstić information content (AvgIpc) is 2.81. The summed E-state index contributed by atoms with van der Waals surface area (Å²) in [5, 5.41) is 27.6. The molecule has 1 aromatic carbocycles. The van der Waals surface area contributed by atoms with Crippen LogP contribution in [-0.4, -0.2) is 71.3 Å². The van der Waals surface area contributed by atoms with Crippen LogP contribution in [0.2, 0.25) is 5.02 Å². The Morgan fingerprint density at radius 2 is 1.97 bits per heavy atom. The van der Waals surface area contributed by atoms with E-state index in [0.717, 1.165) is 0 Å². The molecular weight excluding hydrogens is 533 g/mol. The van der Waals surface area contributed by atoms with Crippen molar-refractivity contribution in [2.45, 2.75) is 58.4 Å². The first-order valence-corrected chi connectivity index (χ1v) is 12.5. The zero-order valence-electron chi connectivity index (χ0n) is 22.2. The molecule has 1 aromatic rings. The van der Waals surface area contributed by atoms with Crippen molar-refractivity contribution in [2.24, 2.45) is 9.98 Å². The molecule has 0 aliphatic carbocycles. The number of carbonyl (C=O) groups is 4. The van der Waals surface area contributed by atoms with Gasteiger partial charge in [-0.15, -0.1) is 0 Å². The molecule has 5 N–H and O–H groups in total. The predicted octanol–water partition coefficient (Wildman–Crippen LogP) is 1.98. The number of guanidine groups is 1. The second kappa shape index (κ2) is 13.9. The highest BCUT2D eigenvalue weighted by Gasteiger charge is 2.23. The lowest BCUT2D eigenvalue weighted by Crippen LogP contribution is -2.40. The van der Waals surface area contributed by atoms with E-state index < -0.39 is 48.6 Å². The van der Waals surface area contributed by atoms with Crippen LogP contribution in [-0.2, 0) is 24.8 Å². The monoisotopic (exact) mass is 565 g/mol. The number of benzene rings is 1. The van der Waals surface area contributed by atoms with E-state index in [2.05, 4.69) is 25.9 Å². The Bertz CT molecular complexity index is 1210. The molecule has 0 aromatic heterocycles. The largest absolute Gasteiger partial charge is 0.481 e. The molecule has 1 aliphatic heterocycles. The Balaban J connectivity index is 2.15. The van der Waals surface area contributed by atoms with Crippen molar-refractivity contribution in [2.75, 3.05) is 19.6 Å². The number of rotatable bonds is 11. The molecule has 0 bridgehead atoms. The van der Waals surface area contributed by atoms with Gasteiger partial charge in [0, 0.05) is 22.7 Å². The van der Waals surface area contributed by atoms with Crippen LogP contribution in [0.1, 0.15) is 57.7 Å². The maximum absolute atomic E-state index is 13.2. The Morgan fingerprint density at radius 3 is 2.54 bits per heavy atom. The maximum Gasteiger partial charge on any atom is 0.305 e. The van der Waals surface area contributed by atoms with Crippen LogP contribution in [0.4, 0.5) is 4.39 Å². The van der Waals surface area contributed by atoms with Crippen LogP contribution in [0, 0.1) is 0 Å². The number of amides is 2. The Kier molecular flexibility index (Phi) is 11.3. The van der Waals surface area contributed by atoms with Gasteiger partial charge in [-0.3, -0.25) is 19.2 Å². The number of Topliss-reactive ketones (excluding diaryl/α,β-unsaturated/α-hetero) is 1. The van der Waals surface area contributed by atoms with Crippen molar-refractivity contribution in [3.63, 3.8) is 0 Å². The van der Waals surface area contributed by atoms with Gasteiger partial charge in [0.05, 0.1) is 37.7 Å². The van der Waals surface area contributed by atoms with Crippen molar-refractivity contribution in [1.82, 2.24) is 16.0 Å². The SMILES string of the molecule is CC(=O)C/C(=C\C(C)=NC1=NCC(F)CN1)C(=O)NCC(=O)NC(CC(=O)O)c1cc(Cl)cc(C(C)(C)O)c1. The van der Waals surface area contributed by atoms with Gasteiger partial charge in [-0.05, 0) is 57.0 Å². The van der Waals surface area contributed by atoms with Crippen LogP contribution in [0.15, 0.2) is 39.8 Å². The summed E-state index contributed by atoms with van der Waals surface area (Å²) >= 11 is 6.16. The van der Waals surface area contributed by atoms with E-state index >= 15 is 0 Å². The quantitative estimate of drug-likeness (QED) is 0.202. The first kappa shape index (κ1) is 31.6. The number of halogens is 2. The molecule has 0 fully saturated rings. The number of alkyl halides is 1. The maximum atomic E-state index is 13.2. The molecule has 39 heavy (non-hydrogen) atoms. The number of allylic oxidation sites excluding steroid dienone is 1. The summed E-state index contributed by atoms with van der Waals surface area (Å²) in [6.45, 7) is 5.49. The standard InChI is InChI=1S/C26H33ClFN5O6/c1-14(32-25-30-11-20(28)12-31-25)5-17(6-15(2)34)24(38)29-13-22(35)33-21(10-23(36)37)16-7-18(26(3,4)39)9-19(27)8-16/h5,7-9,20-21,39H,6,10-13H2,1-4H3,(H,29,38)(H,30,31)(H,33,35)(H,36,37)/b17-5+,32-14?. The summed E-state index contributed by atoms with van der Waals surface area (Å²) in [5.41, 5.74) is -0.0915. The summed E-state index contributed by atoms with van der Waals surface area (Å²) < 4.78 is 13.2. The van der Waals surface area contributed by atoms with E-state index in [9.17, 15) is 33.8 Å². The lowest BCUT2D eigenvalue weighted by atomic mass is 9.93. The number of carboxylic acids is 1. The minimum Gasteiger partial charge on any atom is -0.481 e. The molecule has 2 rings (SSSR count). The number of nitrogens with one attached hydrogen (secondary N) is 3. The molecule has 0 spiro atoms. The van der Waals surface area contributed by atoms with E-state index in [1.807, 2.05) is 0 Å². The van der Waals surface area contributed by atoms with Crippen LogP contribution in [0.3, 0.4) is 0 Å². The number of ketones is 1. The Morgan fingerprint density at radius 1 is 1.28 bits per heavy atom. The van der Waals surface area contributed by atoms with Gasteiger partial charge < -0.3 is 26.2 Å². The van der Waals surface area contributed by atoms with E-state index in [1.54, 1.807) is 26.8 Å². The molecule has 0 saturated carbocycles. The topological polar surface area (TPSA) is 170 Å². The van der Waals surface area contributed by atoms with E-state index in [-0.39, 0.29) is 41.8 Å². The molecule has 11 nitrogen and oxygen atoms in total. The summed E-state index contributed by atoms with van der Waals surface area (Å²) in [6.07, 6.45) is -0.436. The van der Waals surface area contributed by atoms with Crippen molar-refractivity contribution < 1.29 is 33.8 Å². The van der Waals surface area contributed by atoms with Crippen LogP contribution in [0.5, 0.6) is 0 Å². The zero-order chi connectivity index (χ0) is 29.3. The van der Waals surface area contributed by atoms with E-state index in [4.69, 9.17) is 11.6 Å². The third-order valence-corrected chi connectivity index (χ3v) is 5.69.